The van der Waals surface area contributed by atoms with Crippen LogP contribution in [0.15, 0.2) is 24.3 Å². The molecule has 18 heavy (non-hydrogen) atoms. The van der Waals surface area contributed by atoms with Gasteiger partial charge in [0.1, 0.15) is 5.75 Å². The van der Waals surface area contributed by atoms with Crippen molar-refractivity contribution in [2.75, 3.05) is 7.11 Å². The van der Waals surface area contributed by atoms with Gasteiger partial charge in [-0.1, -0.05) is 32.0 Å². The maximum absolute atomic E-state index is 12.4. The van der Waals surface area contributed by atoms with E-state index in [1.54, 1.807) is 38.1 Å². The minimum absolute atomic E-state index is 0.406. The first-order valence-corrected chi connectivity index (χ1v) is 5.57. The van der Waals surface area contributed by atoms with Crippen LogP contribution in [0, 0.1) is 0 Å². The summed E-state index contributed by atoms with van der Waals surface area (Å²) in [6.45, 7) is 3.31. The fraction of sp³-hybridized carbons (Fsp3) is 0.538. The van der Waals surface area contributed by atoms with Crippen LogP contribution in [0.3, 0.4) is 0 Å². The number of aliphatic hydroxyl groups excluding tert-OH is 1. The number of benzene rings is 1. The van der Waals surface area contributed by atoms with Crippen LogP contribution in [0.5, 0.6) is 5.75 Å². The topological polar surface area (TPSA) is 29.5 Å². The van der Waals surface area contributed by atoms with E-state index in [1.807, 2.05) is 0 Å². The first kappa shape index (κ1) is 14.8. The van der Waals surface area contributed by atoms with Crippen LogP contribution < -0.4 is 4.74 Å². The lowest BCUT2D eigenvalue weighted by Crippen LogP contribution is -2.35. The summed E-state index contributed by atoms with van der Waals surface area (Å²) in [5.74, 6) is 0.525. The normalized spacial score (nSPS) is 14.4. The van der Waals surface area contributed by atoms with Gasteiger partial charge in [0.15, 0.2) is 6.10 Å². The molecule has 0 saturated carbocycles. The van der Waals surface area contributed by atoms with Crippen molar-refractivity contribution in [1.82, 2.24) is 0 Å². The maximum atomic E-state index is 12.4. The zero-order valence-corrected chi connectivity index (χ0v) is 10.6. The van der Waals surface area contributed by atoms with Crippen LogP contribution in [-0.2, 0) is 5.41 Å². The molecule has 0 heterocycles. The number of hydrogen-bond donors (Lipinski definition) is 1. The molecule has 0 aromatic heterocycles. The van der Waals surface area contributed by atoms with Gasteiger partial charge in [0, 0.05) is 0 Å². The molecule has 0 radical (unpaired) electrons. The van der Waals surface area contributed by atoms with Crippen molar-refractivity contribution in [1.29, 1.82) is 0 Å². The largest absolute Gasteiger partial charge is 0.496 e. The lowest BCUT2D eigenvalue weighted by molar-refractivity contribution is -0.209. The summed E-state index contributed by atoms with van der Waals surface area (Å²) in [7, 11) is 1.47. The van der Waals surface area contributed by atoms with E-state index in [1.165, 1.54) is 7.11 Å². The van der Waals surface area contributed by atoms with Crippen molar-refractivity contribution >= 4 is 0 Å². The van der Waals surface area contributed by atoms with Crippen molar-refractivity contribution in [3.05, 3.63) is 29.8 Å². The van der Waals surface area contributed by atoms with Gasteiger partial charge in [0.05, 0.1) is 7.11 Å². The van der Waals surface area contributed by atoms with E-state index >= 15 is 0 Å². The SMILES string of the molecule is COc1ccccc1C(C)(C)CC(O)C(F)(F)F. The summed E-state index contributed by atoms with van der Waals surface area (Å²) in [4.78, 5) is 0. The molecular weight excluding hydrogens is 245 g/mol. The molecule has 0 fully saturated rings. The molecule has 5 heteroatoms. The van der Waals surface area contributed by atoms with Gasteiger partial charge >= 0.3 is 6.18 Å². The molecule has 1 rings (SSSR count). The Morgan fingerprint density at radius 1 is 1.22 bits per heavy atom. The van der Waals surface area contributed by atoms with Crippen molar-refractivity contribution in [3.63, 3.8) is 0 Å². The first-order valence-electron chi connectivity index (χ1n) is 5.57. The summed E-state index contributed by atoms with van der Waals surface area (Å²) < 4.78 is 42.3. The fourth-order valence-corrected chi connectivity index (χ4v) is 1.91. The van der Waals surface area contributed by atoms with Crippen LogP contribution in [0.25, 0.3) is 0 Å². The number of hydrogen-bond acceptors (Lipinski definition) is 2. The molecule has 1 unspecified atom stereocenters. The standard InChI is InChI=1S/C13H17F3O2/c1-12(2,8-11(17)13(14,15)16)9-6-4-5-7-10(9)18-3/h4-7,11,17H,8H2,1-3H3. The Labute approximate surface area is 104 Å². The summed E-state index contributed by atoms with van der Waals surface area (Å²) in [6.07, 6.45) is -7.34. The van der Waals surface area contributed by atoms with Crippen LogP contribution in [-0.4, -0.2) is 24.5 Å². The number of para-hydroxylation sites is 1. The molecule has 1 aromatic carbocycles. The number of ether oxygens (including phenoxy) is 1. The van der Waals surface area contributed by atoms with Gasteiger partial charge in [-0.15, -0.1) is 0 Å². The zero-order valence-electron chi connectivity index (χ0n) is 10.6. The van der Waals surface area contributed by atoms with Crippen LogP contribution in [0.1, 0.15) is 25.8 Å². The average Bonchev–Trinajstić information content (AvgIpc) is 2.27. The van der Waals surface area contributed by atoms with Crippen molar-refractivity contribution in [2.24, 2.45) is 0 Å². The molecule has 0 aliphatic rings. The van der Waals surface area contributed by atoms with E-state index in [4.69, 9.17) is 4.74 Å². The second-order valence-electron chi connectivity index (χ2n) is 4.85. The Morgan fingerprint density at radius 3 is 2.28 bits per heavy atom. The average molecular weight is 262 g/mol. The Morgan fingerprint density at radius 2 is 1.78 bits per heavy atom. The molecule has 102 valence electrons. The van der Waals surface area contributed by atoms with Crippen LogP contribution >= 0.6 is 0 Å². The van der Waals surface area contributed by atoms with E-state index in [0.717, 1.165) is 0 Å². The molecule has 1 atom stereocenters. The molecule has 0 aliphatic carbocycles. The molecule has 1 N–H and O–H groups in total. The number of halogens is 3. The highest BCUT2D eigenvalue weighted by Crippen LogP contribution is 2.37. The molecule has 2 nitrogen and oxygen atoms in total. The quantitative estimate of drug-likeness (QED) is 0.902. The molecule has 0 bridgehead atoms. The third-order valence-corrected chi connectivity index (χ3v) is 2.92. The first-order chi connectivity index (χ1) is 8.18. The highest BCUT2D eigenvalue weighted by atomic mass is 19.4. The molecule has 0 spiro atoms. The minimum Gasteiger partial charge on any atom is -0.496 e. The predicted octanol–water partition coefficient (Wildman–Crippen LogP) is 3.29. The predicted molar refractivity (Wildman–Crippen MR) is 62.7 cm³/mol. The smallest absolute Gasteiger partial charge is 0.414 e. The fourth-order valence-electron chi connectivity index (χ4n) is 1.91. The second kappa shape index (κ2) is 5.18. The zero-order chi connectivity index (χ0) is 14.0. The molecule has 1 aromatic rings. The lowest BCUT2D eigenvalue weighted by Gasteiger charge is -2.30. The van der Waals surface area contributed by atoms with Gasteiger partial charge in [-0.25, -0.2) is 0 Å². The highest BCUT2D eigenvalue weighted by Gasteiger charge is 2.42. The monoisotopic (exact) mass is 262 g/mol. The van der Waals surface area contributed by atoms with E-state index < -0.39 is 24.1 Å². The Bertz CT molecular complexity index is 399. The molecular formula is C13H17F3O2. The molecule has 0 aliphatic heterocycles. The van der Waals surface area contributed by atoms with Gasteiger partial charge in [0.2, 0.25) is 0 Å². The van der Waals surface area contributed by atoms with E-state index in [0.29, 0.717) is 11.3 Å². The van der Waals surface area contributed by atoms with Crippen molar-refractivity contribution < 1.29 is 23.0 Å². The Kier molecular flexibility index (Phi) is 4.27. The Balaban J connectivity index is 2.99. The minimum atomic E-state index is -4.60. The van der Waals surface area contributed by atoms with Gasteiger partial charge in [-0.3, -0.25) is 0 Å². The summed E-state index contributed by atoms with van der Waals surface area (Å²) in [5, 5.41) is 9.18. The summed E-state index contributed by atoms with van der Waals surface area (Å²) in [5.41, 5.74) is -0.183. The van der Waals surface area contributed by atoms with Gasteiger partial charge < -0.3 is 9.84 Å². The van der Waals surface area contributed by atoms with Gasteiger partial charge in [-0.2, -0.15) is 13.2 Å². The Hall–Kier alpha value is -1.23. The summed E-state index contributed by atoms with van der Waals surface area (Å²) >= 11 is 0. The number of rotatable bonds is 4. The highest BCUT2D eigenvalue weighted by molar-refractivity contribution is 5.38. The van der Waals surface area contributed by atoms with Crippen molar-refractivity contribution in [3.8, 4) is 5.75 Å². The number of aliphatic hydroxyl groups is 1. The number of alkyl halides is 3. The third kappa shape index (κ3) is 3.38. The van der Waals surface area contributed by atoms with Crippen molar-refractivity contribution in [2.45, 2.75) is 38.0 Å². The molecule has 0 saturated heterocycles. The van der Waals surface area contributed by atoms with Gasteiger partial charge in [-0.05, 0) is 23.5 Å². The third-order valence-electron chi connectivity index (χ3n) is 2.92. The van der Waals surface area contributed by atoms with Crippen LogP contribution in [0.4, 0.5) is 13.2 Å². The van der Waals surface area contributed by atoms with Gasteiger partial charge in [0.25, 0.3) is 0 Å². The second-order valence-corrected chi connectivity index (χ2v) is 4.85. The van der Waals surface area contributed by atoms with E-state index in [2.05, 4.69) is 0 Å². The summed E-state index contributed by atoms with van der Waals surface area (Å²) in [6, 6.07) is 6.89. The number of methoxy groups -OCH3 is 1. The maximum Gasteiger partial charge on any atom is 0.414 e. The lowest BCUT2D eigenvalue weighted by atomic mass is 9.79. The van der Waals surface area contributed by atoms with Crippen LogP contribution in [0.2, 0.25) is 0 Å². The molecule has 0 amide bonds. The van der Waals surface area contributed by atoms with E-state index in [9.17, 15) is 18.3 Å². The van der Waals surface area contributed by atoms with E-state index in [-0.39, 0.29) is 0 Å².